The topological polar surface area (TPSA) is 12.9 Å². The van der Waals surface area contributed by atoms with Crippen LogP contribution in [0, 0.1) is 5.92 Å². The van der Waals surface area contributed by atoms with Gasteiger partial charge in [-0.15, -0.1) is 0 Å². The summed E-state index contributed by atoms with van der Waals surface area (Å²) < 4.78 is 1.33. The molecule has 0 saturated carbocycles. The molecule has 0 amide bonds. The molecule has 1 atom stereocenters. The fourth-order valence-electron chi connectivity index (χ4n) is 2.71. The van der Waals surface area contributed by atoms with Crippen molar-refractivity contribution in [3.63, 3.8) is 0 Å². The molecule has 0 N–H and O–H groups in total. The Morgan fingerprint density at radius 2 is 2.31 bits per heavy atom. The van der Waals surface area contributed by atoms with Crippen molar-refractivity contribution in [1.29, 1.82) is 0 Å². The first-order valence-electron chi connectivity index (χ1n) is 6.14. The number of alkyl halides is 2. The number of hydrogen-bond donors (Lipinski definition) is 0. The summed E-state index contributed by atoms with van der Waals surface area (Å²) in [6.07, 6.45) is 6.00. The van der Waals surface area contributed by atoms with Crippen LogP contribution in [0.5, 0.6) is 0 Å². The molecule has 0 fully saturated rings. The molecule has 1 aromatic heterocycles. The first-order chi connectivity index (χ1) is 7.74. The van der Waals surface area contributed by atoms with E-state index in [1.807, 2.05) is 6.20 Å². The van der Waals surface area contributed by atoms with E-state index in [1.165, 1.54) is 29.4 Å². The van der Waals surface area contributed by atoms with E-state index in [1.54, 1.807) is 11.1 Å². The van der Waals surface area contributed by atoms with E-state index in [0.717, 1.165) is 5.92 Å². The summed E-state index contributed by atoms with van der Waals surface area (Å²) in [6, 6.07) is 2.25. The normalized spacial score (nSPS) is 20.1. The minimum atomic E-state index is 0.354. The molecule has 16 heavy (non-hydrogen) atoms. The van der Waals surface area contributed by atoms with Crippen LogP contribution < -0.4 is 21.2 Å². The number of hydrogen-bond acceptors (Lipinski definition) is 1. The zero-order valence-electron chi connectivity index (χ0n) is 10.5. The summed E-state index contributed by atoms with van der Waals surface area (Å²) in [4.78, 5) is 7.05. The number of halogens is 1. The predicted octanol–water partition coefficient (Wildman–Crippen LogP) is 0.376. The second kappa shape index (κ2) is 5.48. The number of nitrogens with zero attached hydrogens (tertiary/aromatic N) is 1. The SMILES string of the molecule is C[I-]Cc1ccnc2c1CCC[C@H]2C(C)C. The van der Waals surface area contributed by atoms with Crippen molar-refractivity contribution >= 4 is 0 Å². The van der Waals surface area contributed by atoms with Crippen LogP contribution in [0.15, 0.2) is 12.3 Å². The van der Waals surface area contributed by atoms with Crippen molar-refractivity contribution in [2.75, 3.05) is 4.93 Å². The van der Waals surface area contributed by atoms with Gasteiger partial charge in [-0.2, -0.15) is 0 Å². The Morgan fingerprint density at radius 1 is 1.50 bits per heavy atom. The van der Waals surface area contributed by atoms with Crippen LogP contribution in [-0.2, 0) is 10.8 Å². The van der Waals surface area contributed by atoms with Crippen molar-refractivity contribution < 1.29 is 21.2 Å². The Hall–Kier alpha value is -0.120. The second-order valence-corrected chi connectivity index (χ2v) is 7.27. The van der Waals surface area contributed by atoms with Crippen molar-refractivity contribution in [3.8, 4) is 0 Å². The Labute approximate surface area is 109 Å². The molecule has 0 aromatic carbocycles. The predicted molar refractivity (Wildman–Crippen MR) is 64.4 cm³/mol. The van der Waals surface area contributed by atoms with E-state index in [2.05, 4.69) is 29.8 Å². The van der Waals surface area contributed by atoms with Crippen LogP contribution in [0.2, 0.25) is 0 Å². The number of fused-ring (bicyclic) bond motifs is 1. The Balaban J connectivity index is 2.38. The average Bonchev–Trinajstić information content (AvgIpc) is 2.29. The molecule has 2 heteroatoms. The summed E-state index contributed by atoms with van der Waals surface area (Å²) in [7, 11) is 0. The van der Waals surface area contributed by atoms with E-state index in [0.29, 0.717) is 27.1 Å². The minimum absolute atomic E-state index is 0.354. The van der Waals surface area contributed by atoms with Gasteiger partial charge in [-0.1, -0.05) is 0 Å². The van der Waals surface area contributed by atoms with Crippen molar-refractivity contribution in [2.45, 2.75) is 43.5 Å². The molecule has 0 saturated heterocycles. The zero-order valence-corrected chi connectivity index (χ0v) is 12.6. The van der Waals surface area contributed by atoms with Gasteiger partial charge in [0.1, 0.15) is 0 Å². The molecule has 1 aromatic rings. The van der Waals surface area contributed by atoms with E-state index in [9.17, 15) is 0 Å². The molecule has 1 aliphatic carbocycles. The maximum absolute atomic E-state index is 4.68. The van der Waals surface area contributed by atoms with E-state index in [4.69, 9.17) is 0 Å². The molecule has 0 spiro atoms. The van der Waals surface area contributed by atoms with Gasteiger partial charge in [0.2, 0.25) is 0 Å². The van der Waals surface area contributed by atoms with Gasteiger partial charge < -0.3 is 0 Å². The molecule has 1 aliphatic rings. The van der Waals surface area contributed by atoms with Crippen LogP contribution >= 0.6 is 0 Å². The van der Waals surface area contributed by atoms with Gasteiger partial charge in [-0.3, -0.25) is 0 Å². The number of rotatable bonds is 3. The second-order valence-electron chi connectivity index (χ2n) is 4.98. The van der Waals surface area contributed by atoms with Crippen LogP contribution in [0.1, 0.15) is 49.4 Å². The van der Waals surface area contributed by atoms with Gasteiger partial charge in [0.15, 0.2) is 0 Å². The molecular weight excluding hydrogens is 309 g/mol. The van der Waals surface area contributed by atoms with Gasteiger partial charge in [-0.05, 0) is 0 Å². The maximum atomic E-state index is 4.68. The van der Waals surface area contributed by atoms with E-state index in [-0.39, 0.29) is 0 Å². The molecule has 90 valence electrons. The van der Waals surface area contributed by atoms with Crippen LogP contribution in [0.3, 0.4) is 0 Å². The summed E-state index contributed by atoms with van der Waals surface area (Å²) in [5.74, 6) is 1.44. The summed E-state index contributed by atoms with van der Waals surface area (Å²) in [5.41, 5.74) is 4.64. The van der Waals surface area contributed by atoms with Crippen LogP contribution in [0.25, 0.3) is 0 Å². The number of aromatic nitrogens is 1. The van der Waals surface area contributed by atoms with Gasteiger partial charge >= 0.3 is 110 Å². The first-order valence-corrected chi connectivity index (χ1v) is 9.82. The molecule has 0 radical (unpaired) electrons. The van der Waals surface area contributed by atoms with Gasteiger partial charge in [0.25, 0.3) is 0 Å². The van der Waals surface area contributed by atoms with Crippen molar-refractivity contribution in [1.82, 2.24) is 4.98 Å². The third kappa shape index (κ3) is 2.41. The average molecular weight is 330 g/mol. The van der Waals surface area contributed by atoms with Crippen LogP contribution in [0.4, 0.5) is 0 Å². The fraction of sp³-hybridized carbons (Fsp3) is 0.643. The standard InChI is InChI=1S/C14H21IN/c1-10(2)12-5-4-6-13-11(9-15-3)7-8-16-14(12)13/h7-8,10,12H,4-6,9H2,1-3H3/q-1/t12-/m0/s1. The number of pyridine rings is 1. The van der Waals surface area contributed by atoms with Gasteiger partial charge in [-0.25, -0.2) is 0 Å². The molecule has 0 unspecified atom stereocenters. The van der Waals surface area contributed by atoms with Gasteiger partial charge in [0, 0.05) is 0 Å². The van der Waals surface area contributed by atoms with E-state index >= 15 is 0 Å². The molecule has 2 rings (SSSR count). The molecule has 0 aliphatic heterocycles. The summed E-state index contributed by atoms with van der Waals surface area (Å²) in [5, 5.41) is 0. The monoisotopic (exact) mass is 330 g/mol. The zero-order chi connectivity index (χ0) is 11.5. The van der Waals surface area contributed by atoms with E-state index < -0.39 is 0 Å². The van der Waals surface area contributed by atoms with Crippen molar-refractivity contribution in [3.05, 3.63) is 29.1 Å². The summed E-state index contributed by atoms with van der Waals surface area (Å²) in [6.45, 7) is 4.67. The van der Waals surface area contributed by atoms with Crippen molar-refractivity contribution in [2.24, 2.45) is 5.92 Å². The third-order valence-corrected chi connectivity index (χ3v) is 5.15. The Bertz CT molecular complexity index is 360. The Morgan fingerprint density at radius 3 is 3.00 bits per heavy atom. The molecule has 0 bridgehead atoms. The van der Waals surface area contributed by atoms with Gasteiger partial charge in [0.05, 0.1) is 0 Å². The molecule has 1 nitrogen and oxygen atoms in total. The Kier molecular flexibility index (Phi) is 4.22. The van der Waals surface area contributed by atoms with Crippen LogP contribution in [-0.4, -0.2) is 9.91 Å². The first kappa shape index (κ1) is 12.3. The molecular formula is C14H21IN-. The fourth-order valence-corrected chi connectivity index (χ4v) is 4.25. The third-order valence-electron chi connectivity index (χ3n) is 3.56. The molecule has 1 heterocycles. The summed E-state index contributed by atoms with van der Waals surface area (Å²) >= 11 is 0.354. The quantitative estimate of drug-likeness (QED) is 0.577.